The lowest BCUT2D eigenvalue weighted by molar-refractivity contribution is 0.0897. The van der Waals surface area contributed by atoms with E-state index in [1.54, 1.807) is 6.20 Å². The molecule has 0 amide bonds. The predicted octanol–water partition coefficient (Wildman–Crippen LogP) is 6.15. The smallest absolute Gasteiger partial charge is 0.283 e. The van der Waals surface area contributed by atoms with Gasteiger partial charge in [0.2, 0.25) is 0 Å². The lowest BCUT2D eigenvalue weighted by Gasteiger charge is -2.34. The summed E-state index contributed by atoms with van der Waals surface area (Å²) in [5.74, 6) is 1.28. The van der Waals surface area contributed by atoms with E-state index in [-0.39, 0.29) is 11.5 Å². The number of ether oxygens (including phenoxy) is 1. The van der Waals surface area contributed by atoms with Crippen LogP contribution in [0.15, 0.2) is 91.1 Å². The molecule has 1 radical (unpaired) electrons. The molecular formula is C31H34N3O2SSi. The first kappa shape index (κ1) is 27.6. The second-order valence-corrected chi connectivity index (χ2v) is 12.5. The number of rotatable bonds is 9. The van der Waals surface area contributed by atoms with Crippen LogP contribution in [-0.4, -0.2) is 30.7 Å². The van der Waals surface area contributed by atoms with E-state index in [4.69, 9.17) is 21.4 Å². The first-order valence-corrected chi connectivity index (χ1v) is 14.6. The molecule has 1 aromatic heterocycles. The number of nitrogens with zero attached hydrogens (tertiary/aromatic N) is 2. The molecule has 0 spiro atoms. The Hall–Kier alpha value is -3.39. The molecule has 0 saturated carbocycles. The number of anilines is 2. The highest BCUT2D eigenvalue weighted by molar-refractivity contribution is 7.80. The Balaban J connectivity index is 1.69. The summed E-state index contributed by atoms with van der Waals surface area (Å²) in [4.78, 5) is 8.92. The van der Waals surface area contributed by atoms with Gasteiger partial charge in [-0.05, 0) is 59.5 Å². The highest BCUT2D eigenvalue weighted by atomic mass is 32.1. The van der Waals surface area contributed by atoms with Crippen LogP contribution < -0.4 is 15.7 Å². The second kappa shape index (κ2) is 12.4. The Kier molecular flexibility index (Phi) is 9.04. The van der Waals surface area contributed by atoms with Gasteiger partial charge in [-0.2, -0.15) is 0 Å². The Morgan fingerprint density at radius 1 is 0.947 bits per heavy atom. The number of aryl methyl sites for hydroxylation is 1. The van der Waals surface area contributed by atoms with Gasteiger partial charge in [-0.25, -0.2) is 9.97 Å². The first-order valence-electron chi connectivity index (χ1n) is 12.8. The molecule has 0 aliphatic heterocycles. The van der Waals surface area contributed by atoms with Crippen LogP contribution in [0.3, 0.4) is 0 Å². The number of hydrogen-bond donors (Lipinski definition) is 1. The number of hydrogen-bond acceptors (Lipinski definition) is 6. The van der Waals surface area contributed by atoms with Crippen LogP contribution in [-0.2, 0) is 9.16 Å². The Morgan fingerprint density at radius 2 is 1.58 bits per heavy atom. The van der Waals surface area contributed by atoms with Gasteiger partial charge >= 0.3 is 0 Å². The van der Waals surface area contributed by atoms with E-state index < -0.39 is 9.04 Å². The van der Waals surface area contributed by atoms with E-state index in [2.05, 4.69) is 96.7 Å². The van der Waals surface area contributed by atoms with Crippen LogP contribution in [0.5, 0.6) is 0 Å². The van der Waals surface area contributed by atoms with Crippen molar-refractivity contribution in [2.45, 2.75) is 40.7 Å². The summed E-state index contributed by atoms with van der Waals surface area (Å²) in [5.41, 5.74) is 2.51. The summed E-state index contributed by atoms with van der Waals surface area (Å²) in [7, 11) is -1.50. The molecule has 1 unspecified atom stereocenters. The highest BCUT2D eigenvalue weighted by Crippen LogP contribution is 2.38. The Morgan fingerprint density at radius 3 is 2.16 bits per heavy atom. The minimum Gasteiger partial charge on any atom is -0.483 e. The van der Waals surface area contributed by atoms with E-state index in [0.29, 0.717) is 28.9 Å². The second-order valence-electron chi connectivity index (χ2n) is 10.1. The van der Waals surface area contributed by atoms with Crippen molar-refractivity contribution < 1.29 is 9.16 Å². The number of benzene rings is 3. The Labute approximate surface area is 233 Å². The molecule has 38 heavy (non-hydrogen) atoms. The van der Waals surface area contributed by atoms with Gasteiger partial charge in [0.1, 0.15) is 11.6 Å². The van der Waals surface area contributed by atoms with Crippen molar-refractivity contribution in [1.82, 2.24) is 9.97 Å². The molecule has 5 nitrogen and oxygen atoms in total. The van der Waals surface area contributed by atoms with E-state index in [0.717, 1.165) is 11.3 Å². The number of nitrogens with one attached hydrogen (secondary N) is 1. The lowest BCUT2D eigenvalue weighted by Crippen LogP contribution is -2.47. The maximum absolute atomic E-state index is 7.10. The molecule has 4 rings (SSSR count). The van der Waals surface area contributed by atoms with Gasteiger partial charge in [0.25, 0.3) is 9.04 Å². The quantitative estimate of drug-likeness (QED) is 0.203. The molecule has 0 aliphatic rings. The van der Waals surface area contributed by atoms with Crippen molar-refractivity contribution in [2.24, 2.45) is 5.41 Å². The van der Waals surface area contributed by atoms with Crippen LogP contribution in [0.1, 0.15) is 50.8 Å². The van der Waals surface area contributed by atoms with Crippen LogP contribution in [0.2, 0.25) is 0 Å². The molecular weight excluding hydrogens is 507 g/mol. The topological polar surface area (TPSA) is 56.3 Å². The molecule has 1 heterocycles. The molecule has 195 valence electrons. The molecule has 3 aromatic carbocycles. The van der Waals surface area contributed by atoms with Crippen molar-refractivity contribution in [3.8, 4) is 0 Å². The third-order valence-electron chi connectivity index (χ3n) is 5.95. The lowest BCUT2D eigenvalue weighted by atomic mass is 9.85. The summed E-state index contributed by atoms with van der Waals surface area (Å²) >= 11 is 5.46. The average molecular weight is 541 g/mol. The highest BCUT2D eigenvalue weighted by Gasteiger charge is 2.32. The fourth-order valence-electron chi connectivity index (χ4n) is 4.18. The van der Waals surface area contributed by atoms with Crippen molar-refractivity contribution >= 4 is 48.2 Å². The zero-order valence-corrected chi connectivity index (χ0v) is 24.4. The summed E-state index contributed by atoms with van der Waals surface area (Å²) in [5, 5.41) is 6.27. The fourth-order valence-corrected chi connectivity index (χ4v) is 6.77. The van der Waals surface area contributed by atoms with Crippen molar-refractivity contribution in [1.29, 1.82) is 0 Å². The van der Waals surface area contributed by atoms with Crippen LogP contribution >= 0.6 is 12.2 Å². The summed E-state index contributed by atoms with van der Waals surface area (Å²) in [6.45, 7) is 10.9. The van der Waals surface area contributed by atoms with E-state index in [1.165, 1.54) is 10.4 Å². The fraction of sp³-hybridized carbons (Fsp3) is 0.258. The maximum Gasteiger partial charge on any atom is 0.283 e. The molecule has 4 aromatic rings. The molecule has 1 atom stereocenters. The summed E-state index contributed by atoms with van der Waals surface area (Å²) in [6.07, 6.45) is 1.57. The standard InChI is InChI=1S/C31H34N3O2SSi/c1-6-35-30(37)27-21-32-22(2)33-29(27)34-24-15-13-14-23(20-24)28(31(3,4)5)36-38(25-16-9-7-10-17-25)26-18-11-8-12-19-26/h7-21,28H,6H2,1-5H3,(H,32,33,34). The molecule has 0 fully saturated rings. The van der Waals surface area contributed by atoms with Gasteiger partial charge in [-0.15, -0.1) is 0 Å². The van der Waals surface area contributed by atoms with Crippen LogP contribution in [0.25, 0.3) is 0 Å². The monoisotopic (exact) mass is 540 g/mol. The molecule has 0 bridgehead atoms. The van der Waals surface area contributed by atoms with Crippen LogP contribution in [0, 0.1) is 12.3 Å². The molecule has 0 aliphatic carbocycles. The van der Waals surface area contributed by atoms with Crippen molar-refractivity contribution in [3.05, 3.63) is 108 Å². The largest absolute Gasteiger partial charge is 0.483 e. The van der Waals surface area contributed by atoms with Crippen molar-refractivity contribution in [2.75, 3.05) is 11.9 Å². The minimum absolute atomic E-state index is 0.144. The third kappa shape index (κ3) is 6.92. The van der Waals surface area contributed by atoms with E-state index in [1.807, 2.05) is 38.1 Å². The average Bonchev–Trinajstić information content (AvgIpc) is 2.90. The van der Waals surface area contributed by atoms with Gasteiger partial charge in [0.15, 0.2) is 5.05 Å². The normalized spacial score (nSPS) is 12.3. The van der Waals surface area contributed by atoms with E-state index >= 15 is 0 Å². The molecule has 0 saturated heterocycles. The third-order valence-corrected chi connectivity index (χ3v) is 8.48. The van der Waals surface area contributed by atoms with Gasteiger partial charge in [-0.3, -0.25) is 0 Å². The van der Waals surface area contributed by atoms with Gasteiger partial charge in [-0.1, -0.05) is 93.6 Å². The summed E-state index contributed by atoms with van der Waals surface area (Å²) < 4.78 is 12.7. The van der Waals surface area contributed by atoms with Gasteiger partial charge in [0.05, 0.1) is 18.3 Å². The number of aromatic nitrogens is 2. The summed E-state index contributed by atoms with van der Waals surface area (Å²) in [6, 6.07) is 29.4. The zero-order chi connectivity index (χ0) is 27.1. The first-order chi connectivity index (χ1) is 18.3. The van der Waals surface area contributed by atoms with E-state index in [9.17, 15) is 0 Å². The molecule has 1 N–H and O–H groups in total. The Bertz CT molecular complexity index is 1320. The molecule has 7 heteroatoms. The minimum atomic E-state index is -1.50. The predicted molar refractivity (Wildman–Crippen MR) is 161 cm³/mol. The van der Waals surface area contributed by atoms with Gasteiger partial charge < -0.3 is 14.5 Å². The van der Waals surface area contributed by atoms with Crippen molar-refractivity contribution in [3.63, 3.8) is 0 Å². The van der Waals surface area contributed by atoms with Crippen LogP contribution in [0.4, 0.5) is 11.5 Å². The number of thiocarbonyl (C=S) groups is 1. The maximum atomic E-state index is 7.10. The van der Waals surface area contributed by atoms with Gasteiger partial charge in [0, 0.05) is 11.9 Å². The zero-order valence-electron chi connectivity index (χ0n) is 22.6. The SMILES string of the molecule is CCOC(=S)c1cnc(C)nc1Nc1cccc(C(O[Si](c2ccccc2)c2ccccc2)C(C)(C)C)c1.